The van der Waals surface area contributed by atoms with Crippen molar-refractivity contribution in [3.63, 3.8) is 0 Å². The van der Waals surface area contributed by atoms with E-state index in [4.69, 9.17) is 0 Å². The van der Waals surface area contributed by atoms with Crippen LogP contribution in [0.5, 0.6) is 0 Å². The first-order valence-corrected chi connectivity index (χ1v) is 9.09. The summed E-state index contributed by atoms with van der Waals surface area (Å²) in [7, 11) is -3.16. The summed E-state index contributed by atoms with van der Waals surface area (Å²) in [5.41, 5.74) is 4.42. The third kappa shape index (κ3) is 5.16. The summed E-state index contributed by atoms with van der Waals surface area (Å²) in [4.78, 5) is 0. The minimum atomic E-state index is -3.16. The van der Waals surface area contributed by atoms with Crippen LogP contribution in [0.3, 0.4) is 0 Å². The van der Waals surface area contributed by atoms with Gasteiger partial charge in [0.1, 0.15) is 0 Å². The monoisotopic (exact) mass is 318 g/mol. The van der Waals surface area contributed by atoms with E-state index in [9.17, 15) is 8.42 Å². The van der Waals surface area contributed by atoms with Crippen LogP contribution in [0.4, 0.5) is 5.69 Å². The molecule has 0 bridgehead atoms. The van der Waals surface area contributed by atoms with Gasteiger partial charge in [-0.1, -0.05) is 42.0 Å². The van der Waals surface area contributed by atoms with Crippen molar-refractivity contribution in [2.75, 3.05) is 11.6 Å². The van der Waals surface area contributed by atoms with E-state index in [0.29, 0.717) is 6.54 Å². The van der Waals surface area contributed by atoms with E-state index in [2.05, 4.69) is 48.2 Å². The maximum absolute atomic E-state index is 11.1. The molecule has 0 fully saturated rings. The number of rotatable bonds is 6. The van der Waals surface area contributed by atoms with Crippen LogP contribution in [-0.2, 0) is 16.6 Å². The van der Waals surface area contributed by atoms with Crippen molar-refractivity contribution >= 4 is 15.7 Å². The Bertz CT molecular complexity index is 707. The average molecular weight is 318 g/mol. The van der Waals surface area contributed by atoms with E-state index in [1.807, 2.05) is 24.3 Å². The van der Waals surface area contributed by atoms with Gasteiger partial charge in [-0.25, -0.2) is 13.1 Å². The molecule has 2 aromatic rings. The predicted octanol–water partition coefficient (Wildman–Crippen LogP) is 3.22. The van der Waals surface area contributed by atoms with Crippen LogP contribution >= 0.6 is 0 Å². The lowest BCUT2D eigenvalue weighted by atomic mass is 10.1. The fourth-order valence-corrected chi connectivity index (χ4v) is 2.55. The third-order valence-electron chi connectivity index (χ3n) is 3.45. The van der Waals surface area contributed by atoms with Gasteiger partial charge in [-0.05, 0) is 37.1 Å². The Hall–Kier alpha value is -1.85. The van der Waals surface area contributed by atoms with E-state index in [0.717, 1.165) is 17.5 Å². The van der Waals surface area contributed by atoms with Crippen molar-refractivity contribution in [2.45, 2.75) is 26.4 Å². The average Bonchev–Trinajstić information content (AvgIpc) is 2.46. The summed E-state index contributed by atoms with van der Waals surface area (Å²) in [5, 5.41) is 3.44. The number of sulfonamides is 1. The molecule has 0 aliphatic carbocycles. The maximum Gasteiger partial charge on any atom is 0.209 e. The number of benzene rings is 2. The number of nitrogens with one attached hydrogen (secondary N) is 2. The van der Waals surface area contributed by atoms with Crippen LogP contribution in [0.2, 0.25) is 0 Å². The lowest BCUT2D eigenvalue weighted by molar-refractivity contribution is 0.587. The molecule has 1 unspecified atom stereocenters. The highest BCUT2D eigenvalue weighted by Crippen LogP contribution is 2.20. The quantitative estimate of drug-likeness (QED) is 0.860. The minimum absolute atomic E-state index is 0.209. The Morgan fingerprint density at radius 1 is 1.00 bits per heavy atom. The molecule has 22 heavy (non-hydrogen) atoms. The van der Waals surface area contributed by atoms with E-state index >= 15 is 0 Å². The Morgan fingerprint density at radius 2 is 1.59 bits per heavy atom. The minimum Gasteiger partial charge on any atom is -0.379 e. The molecule has 0 saturated carbocycles. The van der Waals surface area contributed by atoms with Gasteiger partial charge in [0.25, 0.3) is 0 Å². The molecule has 0 spiro atoms. The number of hydrogen-bond acceptors (Lipinski definition) is 3. The SMILES string of the molecule is Cc1ccc(C(C)Nc2ccc(CNS(C)(=O)=O)cc2)cc1. The molecule has 4 nitrogen and oxygen atoms in total. The Morgan fingerprint density at radius 3 is 2.14 bits per heavy atom. The fourth-order valence-electron chi connectivity index (χ4n) is 2.12. The first-order valence-electron chi connectivity index (χ1n) is 7.20. The van der Waals surface area contributed by atoms with Crippen molar-refractivity contribution in [2.24, 2.45) is 0 Å². The van der Waals surface area contributed by atoms with Crippen LogP contribution < -0.4 is 10.0 Å². The Labute approximate surface area is 132 Å². The zero-order valence-corrected chi connectivity index (χ0v) is 13.9. The largest absolute Gasteiger partial charge is 0.379 e. The zero-order valence-electron chi connectivity index (χ0n) is 13.1. The van der Waals surface area contributed by atoms with Crippen LogP contribution in [0.15, 0.2) is 48.5 Å². The third-order valence-corrected chi connectivity index (χ3v) is 4.12. The van der Waals surface area contributed by atoms with E-state index < -0.39 is 10.0 Å². The van der Waals surface area contributed by atoms with Crippen molar-refractivity contribution in [3.8, 4) is 0 Å². The molecular formula is C17H22N2O2S. The lowest BCUT2D eigenvalue weighted by Crippen LogP contribution is -2.21. The topological polar surface area (TPSA) is 58.2 Å². The van der Waals surface area contributed by atoms with E-state index in [1.54, 1.807) is 0 Å². The maximum atomic E-state index is 11.1. The van der Waals surface area contributed by atoms with Crippen LogP contribution in [0.1, 0.15) is 29.7 Å². The summed E-state index contributed by atoms with van der Waals surface area (Å²) in [6.07, 6.45) is 1.16. The lowest BCUT2D eigenvalue weighted by Gasteiger charge is -2.16. The van der Waals surface area contributed by atoms with Gasteiger partial charge >= 0.3 is 0 Å². The van der Waals surface area contributed by atoms with Gasteiger partial charge in [0.2, 0.25) is 10.0 Å². The summed E-state index contributed by atoms with van der Waals surface area (Å²) in [6.45, 7) is 4.50. The predicted molar refractivity (Wildman–Crippen MR) is 91.3 cm³/mol. The molecular weight excluding hydrogens is 296 g/mol. The Balaban J connectivity index is 1.97. The molecule has 2 N–H and O–H groups in total. The van der Waals surface area contributed by atoms with Crippen LogP contribution in [0, 0.1) is 6.92 Å². The Kier molecular flexibility index (Phi) is 5.21. The molecule has 118 valence electrons. The highest BCUT2D eigenvalue weighted by Gasteiger charge is 2.05. The number of anilines is 1. The van der Waals surface area contributed by atoms with Crippen LogP contribution in [0.25, 0.3) is 0 Å². The van der Waals surface area contributed by atoms with Crippen molar-refractivity contribution in [1.29, 1.82) is 0 Å². The zero-order chi connectivity index (χ0) is 16.2. The molecule has 0 amide bonds. The molecule has 0 aliphatic rings. The van der Waals surface area contributed by atoms with Gasteiger partial charge in [0.15, 0.2) is 0 Å². The molecule has 0 heterocycles. The van der Waals surface area contributed by atoms with Crippen molar-refractivity contribution in [3.05, 3.63) is 65.2 Å². The van der Waals surface area contributed by atoms with Gasteiger partial charge in [0.05, 0.1) is 6.26 Å². The molecule has 2 aromatic carbocycles. The first kappa shape index (κ1) is 16.5. The normalized spacial score (nSPS) is 12.9. The second-order valence-corrected chi connectivity index (χ2v) is 7.40. The summed E-state index contributed by atoms with van der Waals surface area (Å²) < 4.78 is 24.6. The molecule has 5 heteroatoms. The van der Waals surface area contributed by atoms with Gasteiger partial charge in [-0.2, -0.15) is 0 Å². The van der Waals surface area contributed by atoms with Crippen molar-refractivity contribution < 1.29 is 8.42 Å². The summed E-state index contributed by atoms with van der Waals surface area (Å²) in [6, 6.07) is 16.4. The molecule has 2 rings (SSSR count). The molecule has 1 atom stereocenters. The highest BCUT2D eigenvalue weighted by atomic mass is 32.2. The molecule has 0 radical (unpaired) electrons. The van der Waals surface area contributed by atoms with Gasteiger partial charge in [0, 0.05) is 18.3 Å². The molecule has 0 aromatic heterocycles. The fraction of sp³-hybridized carbons (Fsp3) is 0.294. The van der Waals surface area contributed by atoms with Gasteiger partial charge in [-0.3, -0.25) is 0 Å². The van der Waals surface area contributed by atoms with Crippen molar-refractivity contribution in [1.82, 2.24) is 4.72 Å². The number of aryl methyl sites for hydroxylation is 1. The van der Waals surface area contributed by atoms with Crippen LogP contribution in [-0.4, -0.2) is 14.7 Å². The standard InChI is InChI=1S/C17H22N2O2S/c1-13-4-8-16(9-5-13)14(2)19-17-10-6-15(7-11-17)12-18-22(3,20)21/h4-11,14,18-19H,12H2,1-3H3. The summed E-state index contributed by atoms with van der Waals surface area (Å²) in [5.74, 6) is 0. The highest BCUT2D eigenvalue weighted by molar-refractivity contribution is 7.88. The second-order valence-electron chi connectivity index (χ2n) is 5.57. The van der Waals surface area contributed by atoms with Gasteiger partial charge in [-0.15, -0.1) is 0 Å². The smallest absolute Gasteiger partial charge is 0.209 e. The van der Waals surface area contributed by atoms with E-state index in [1.165, 1.54) is 11.1 Å². The van der Waals surface area contributed by atoms with E-state index in [-0.39, 0.29) is 6.04 Å². The molecule has 0 aliphatic heterocycles. The van der Waals surface area contributed by atoms with Gasteiger partial charge < -0.3 is 5.32 Å². The number of hydrogen-bond donors (Lipinski definition) is 2. The molecule has 0 saturated heterocycles. The first-order chi connectivity index (χ1) is 10.3. The second kappa shape index (κ2) is 6.94. The summed E-state index contributed by atoms with van der Waals surface area (Å²) >= 11 is 0.